The Kier molecular flexibility index (Phi) is 5.01. The Hall–Kier alpha value is -4.22. The number of hydrogen-bond acceptors (Lipinski definition) is 10. The Labute approximate surface area is 181 Å². The number of carbonyl (C=O) groups is 1. The summed E-state index contributed by atoms with van der Waals surface area (Å²) in [6.07, 6.45) is 1.34. The molecular weight excluding hydrogens is 418 g/mol. The van der Waals surface area contributed by atoms with Gasteiger partial charge in [0.2, 0.25) is 11.7 Å². The monoisotopic (exact) mass is 437 g/mol. The summed E-state index contributed by atoms with van der Waals surface area (Å²) >= 11 is 0. The van der Waals surface area contributed by atoms with Crippen LogP contribution in [-0.4, -0.2) is 49.6 Å². The standard InChI is InChI=1S/C20H19N7O5/c1-10(2)16(20-24-18(27-32-20)17-21-9-22-25-17)23-19(28)12-8-14(31-26-12)11-3-4-13-15(7-11)30-6-5-29-13/h3-4,7-10,16H,5-6H2,1-2H3,(H,23,28)(H,21,22,25). The van der Waals surface area contributed by atoms with Gasteiger partial charge in [0.15, 0.2) is 28.8 Å². The number of amides is 1. The van der Waals surface area contributed by atoms with Crippen LogP contribution < -0.4 is 14.8 Å². The molecule has 0 radical (unpaired) electrons. The highest BCUT2D eigenvalue weighted by Gasteiger charge is 2.27. The van der Waals surface area contributed by atoms with Crippen LogP contribution in [-0.2, 0) is 0 Å². The minimum Gasteiger partial charge on any atom is -0.486 e. The number of ether oxygens (including phenoxy) is 2. The van der Waals surface area contributed by atoms with Gasteiger partial charge in [0, 0.05) is 11.6 Å². The van der Waals surface area contributed by atoms with E-state index >= 15 is 0 Å². The van der Waals surface area contributed by atoms with Crippen molar-refractivity contribution in [1.29, 1.82) is 0 Å². The Balaban J connectivity index is 1.33. The van der Waals surface area contributed by atoms with Crippen LogP contribution >= 0.6 is 0 Å². The van der Waals surface area contributed by atoms with Gasteiger partial charge < -0.3 is 23.8 Å². The lowest BCUT2D eigenvalue weighted by molar-refractivity contribution is 0.0904. The molecule has 3 aromatic heterocycles. The number of benzene rings is 1. The second-order valence-corrected chi connectivity index (χ2v) is 7.42. The van der Waals surface area contributed by atoms with Crippen molar-refractivity contribution in [3.8, 4) is 34.5 Å². The summed E-state index contributed by atoms with van der Waals surface area (Å²) in [7, 11) is 0. The first-order valence-corrected chi connectivity index (χ1v) is 9.95. The molecule has 12 nitrogen and oxygen atoms in total. The average molecular weight is 437 g/mol. The lowest BCUT2D eigenvalue weighted by atomic mass is 10.0. The maximum Gasteiger partial charge on any atom is 0.274 e. The molecule has 1 aliphatic rings. The quantitative estimate of drug-likeness (QED) is 0.459. The van der Waals surface area contributed by atoms with E-state index in [2.05, 4.69) is 35.8 Å². The van der Waals surface area contributed by atoms with E-state index in [0.717, 1.165) is 5.56 Å². The van der Waals surface area contributed by atoms with Gasteiger partial charge in [0.1, 0.15) is 25.6 Å². The van der Waals surface area contributed by atoms with Gasteiger partial charge in [-0.3, -0.25) is 9.89 Å². The molecule has 0 saturated heterocycles. The van der Waals surface area contributed by atoms with Crippen LogP contribution in [0.25, 0.3) is 23.0 Å². The fraction of sp³-hybridized carbons (Fsp3) is 0.300. The third kappa shape index (κ3) is 3.77. The highest BCUT2D eigenvalue weighted by molar-refractivity contribution is 5.93. The SMILES string of the molecule is CC(C)C(NC(=O)c1cc(-c2ccc3c(c2)OCCO3)on1)c1nc(-c2ncn[nH]2)no1. The minimum absolute atomic E-state index is 0.0360. The molecule has 1 aliphatic heterocycles. The second kappa shape index (κ2) is 8.13. The smallest absolute Gasteiger partial charge is 0.274 e. The first-order chi connectivity index (χ1) is 15.6. The average Bonchev–Trinajstić information content (AvgIpc) is 3.57. The number of carbonyl (C=O) groups excluding carboxylic acids is 1. The summed E-state index contributed by atoms with van der Waals surface area (Å²) in [4.78, 5) is 21.2. The van der Waals surface area contributed by atoms with Gasteiger partial charge >= 0.3 is 0 Å². The van der Waals surface area contributed by atoms with Crippen LogP contribution in [0.5, 0.6) is 11.5 Å². The van der Waals surface area contributed by atoms with Gasteiger partial charge in [-0.05, 0) is 24.1 Å². The third-order valence-electron chi connectivity index (χ3n) is 4.86. The van der Waals surface area contributed by atoms with E-state index in [4.69, 9.17) is 18.5 Å². The summed E-state index contributed by atoms with van der Waals surface area (Å²) in [5, 5.41) is 17.1. The zero-order valence-corrected chi connectivity index (χ0v) is 17.2. The van der Waals surface area contributed by atoms with Crippen molar-refractivity contribution in [3.05, 3.63) is 42.2 Å². The number of rotatable bonds is 6. The molecule has 1 amide bonds. The molecule has 0 saturated carbocycles. The van der Waals surface area contributed by atoms with Crippen LogP contribution in [0, 0.1) is 5.92 Å². The maximum atomic E-state index is 12.8. The molecule has 0 aliphatic carbocycles. The zero-order valence-electron chi connectivity index (χ0n) is 17.2. The molecule has 1 atom stereocenters. The number of aromatic amines is 1. The molecule has 1 aromatic carbocycles. The maximum absolute atomic E-state index is 12.8. The van der Waals surface area contributed by atoms with Crippen molar-refractivity contribution < 1.29 is 23.3 Å². The fourth-order valence-corrected chi connectivity index (χ4v) is 3.21. The van der Waals surface area contributed by atoms with Crippen LogP contribution in [0.3, 0.4) is 0 Å². The molecule has 0 fully saturated rings. The van der Waals surface area contributed by atoms with Gasteiger partial charge in [-0.2, -0.15) is 10.1 Å². The molecule has 5 rings (SSSR count). The molecule has 2 N–H and O–H groups in total. The Morgan fingerprint density at radius 2 is 1.94 bits per heavy atom. The van der Waals surface area contributed by atoms with Gasteiger partial charge in [-0.1, -0.05) is 24.2 Å². The number of aromatic nitrogens is 6. The molecule has 1 unspecified atom stereocenters. The van der Waals surface area contributed by atoms with Gasteiger partial charge in [-0.15, -0.1) is 0 Å². The van der Waals surface area contributed by atoms with E-state index in [9.17, 15) is 4.79 Å². The van der Waals surface area contributed by atoms with Crippen molar-refractivity contribution in [1.82, 2.24) is 35.8 Å². The minimum atomic E-state index is -0.541. The zero-order chi connectivity index (χ0) is 22.1. The van der Waals surface area contributed by atoms with E-state index in [1.807, 2.05) is 19.9 Å². The number of hydrogen-bond donors (Lipinski definition) is 2. The Morgan fingerprint density at radius 1 is 1.09 bits per heavy atom. The molecule has 4 aromatic rings. The molecule has 4 heterocycles. The van der Waals surface area contributed by atoms with Crippen molar-refractivity contribution in [3.63, 3.8) is 0 Å². The highest BCUT2D eigenvalue weighted by atomic mass is 16.6. The van der Waals surface area contributed by atoms with Gasteiger partial charge in [0.05, 0.1) is 0 Å². The molecule has 0 spiro atoms. The van der Waals surface area contributed by atoms with Crippen LogP contribution in [0.1, 0.15) is 36.3 Å². The number of nitrogens with one attached hydrogen (secondary N) is 2. The van der Waals surface area contributed by atoms with Crippen LogP contribution in [0.4, 0.5) is 0 Å². The predicted molar refractivity (Wildman–Crippen MR) is 108 cm³/mol. The van der Waals surface area contributed by atoms with Gasteiger partial charge in [-0.25, -0.2) is 4.98 Å². The van der Waals surface area contributed by atoms with Crippen molar-refractivity contribution in [2.24, 2.45) is 5.92 Å². The number of fused-ring (bicyclic) bond motifs is 1. The fourth-order valence-electron chi connectivity index (χ4n) is 3.21. The van der Waals surface area contributed by atoms with E-state index < -0.39 is 11.9 Å². The first-order valence-electron chi connectivity index (χ1n) is 9.95. The Morgan fingerprint density at radius 3 is 2.72 bits per heavy atom. The molecule has 164 valence electrons. The van der Waals surface area contributed by atoms with Crippen LogP contribution in [0.15, 0.2) is 39.6 Å². The highest BCUT2D eigenvalue weighted by Crippen LogP contribution is 2.34. The topological polar surface area (TPSA) is 154 Å². The predicted octanol–water partition coefficient (Wildman–Crippen LogP) is 2.41. The van der Waals surface area contributed by atoms with E-state index in [1.54, 1.807) is 18.2 Å². The van der Waals surface area contributed by atoms with Crippen LogP contribution in [0.2, 0.25) is 0 Å². The summed E-state index contributed by atoms with van der Waals surface area (Å²) in [5.74, 6) is 2.11. The van der Waals surface area contributed by atoms with E-state index in [1.165, 1.54) is 6.33 Å². The number of nitrogens with zero attached hydrogens (tertiary/aromatic N) is 5. The largest absolute Gasteiger partial charge is 0.486 e. The van der Waals surface area contributed by atoms with Crippen molar-refractivity contribution in [2.45, 2.75) is 19.9 Å². The van der Waals surface area contributed by atoms with E-state index in [0.29, 0.717) is 36.3 Å². The lowest BCUT2D eigenvalue weighted by Gasteiger charge is -2.18. The van der Waals surface area contributed by atoms with Gasteiger partial charge in [0.25, 0.3) is 5.91 Å². The van der Waals surface area contributed by atoms with Crippen molar-refractivity contribution in [2.75, 3.05) is 13.2 Å². The summed E-state index contributed by atoms with van der Waals surface area (Å²) in [6.45, 7) is 4.83. The molecule has 32 heavy (non-hydrogen) atoms. The first kappa shape index (κ1) is 19.7. The third-order valence-corrected chi connectivity index (χ3v) is 4.86. The molecule has 0 bridgehead atoms. The summed E-state index contributed by atoms with van der Waals surface area (Å²) in [6, 6.07) is 6.42. The Bertz CT molecular complexity index is 1230. The lowest BCUT2D eigenvalue weighted by Crippen LogP contribution is -2.32. The summed E-state index contributed by atoms with van der Waals surface area (Å²) < 4.78 is 21.9. The number of H-pyrrole nitrogens is 1. The normalized spacial score (nSPS) is 13.8. The molecular formula is C20H19N7O5. The second-order valence-electron chi connectivity index (χ2n) is 7.42. The summed E-state index contributed by atoms with van der Waals surface area (Å²) in [5.41, 5.74) is 0.838. The van der Waals surface area contributed by atoms with E-state index in [-0.39, 0.29) is 23.3 Å². The van der Waals surface area contributed by atoms with Crippen molar-refractivity contribution >= 4 is 5.91 Å². The molecule has 12 heteroatoms.